The van der Waals surface area contributed by atoms with Crippen molar-refractivity contribution in [3.05, 3.63) is 0 Å². The van der Waals surface area contributed by atoms with Crippen LogP contribution in [0, 0.1) is 11.3 Å². The van der Waals surface area contributed by atoms with Crippen molar-refractivity contribution in [3.63, 3.8) is 0 Å². The van der Waals surface area contributed by atoms with Gasteiger partial charge in [0.05, 0.1) is 12.1 Å². The number of nitriles is 1. The molecule has 20 heavy (non-hydrogen) atoms. The maximum absolute atomic E-state index is 12.6. The first kappa shape index (κ1) is 15.9. The molecule has 1 heterocycles. The van der Waals surface area contributed by atoms with E-state index < -0.39 is 42.5 Å². The van der Waals surface area contributed by atoms with Gasteiger partial charge < -0.3 is 16.4 Å². The van der Waals surface area contributed by atoms with Crippen molar-refractivity contribution in [1.29, 1.82) is 5.26 Å². The molecule has 7 nitrogen and oxygen atoms in total. The van der Waals surface area contributed by atoms with Crippen LogP contribution in [-0.2, 0) is 9.59 Å². The van der Waals surface area contributed by atoms with Crippen LogP contribution in [0.15, 0.2) is 4.99 Å². The second-order valence-electron chi connectivity index (χ2n) is 4.13. The average Bonchev–Trinajstić information content (AvgIpc) is 2.78. The molecule has 0 spiro atoms. The van der Waals surface area contributed by atoms with Crippen molar-refractivity contribution in [2.24, 2.45) is 16.5 Å². The quantitative estimate of drug-likeness (QED) is 0.708. The van der Waals surface area contributed by atoms with Gasteiger partial charge in [0, 0.05) is 6.42 Å². The van der Waals surface area contributed by atoms with E-state index in [1.807, 2.05) is 0 Å². The number of nitrogens with two attached hydrogens (primary N) is 2. The van der Waals surface area contributed by atoms with Crippen molar-refractivity contribution in [1.82, 2.24) is 4.90 Å². The summed E-state index contributed by atoms with van der Waals surface area (Å²) in [4.78, 5) is 26.2. The van der Waals surface area contributed by atoms with Crippen molar-refractivity contribution >= 4 is 17.5 Å². The Morgan fingerprint density at radius 1 is 1.55 bits per heavy atom. The third-order valence-electron chi connectivity index (χ3n) is 2.68. The van der Waals surface area contributed by atoms with Gasteiger partial charge in [0.15, 0.2) is 11.8 Å². The fourth-order valence-electron chi connectivity index (χ4n) is 1.67. The van der Waals surface area contributed by atoms with Crippen molar-refractivity contribution < 1.29 is 22.8 Å². The first-order valence-corrected chi connectivity index (χ1v) is 5.54. The predicted octanol–water partition coefficient (Wildman–Crippen LogP) is -0.726. The van der Waals surface area contributed by atoms with Crippen LogP contribution >= 0.6 is 0 Å². The highest BCUT2D eigenvalue weighted by molar-refractivity contribution is 6.01. The Hall–Kier alpha value is -2.15. The lowest BCUT2D eigenvalue weighted by atomic mass is 10.1. The first-order valence-electron chi connectivity index (χ1n) is 5.54. The molecule has 0 radical (unpaired) electrons. The molecule has 0 aliphatic carbocycles. The molecular formula is C10H12F3N5O2. The highest BCUT2D eigenvalue weighted by Gasteiger charge is 2.48. The Morgan fingerprint density at radius 2 is 2.15 bits per heavy atom. The maximum atomic E-state index is 12.6. The van der Waals surface area contributed by atoms with Crippen LogP contribution in [0.25, 0.3) is 0 Å². The van der Waals surface area contributed by atoms with Gasteiger partial charge in [-0.3, -0.25) is 14.6 Å². The van der Waals surface area contributed by atoms with Gasteiger partial charge in [-0.05, 0) is 6.42 Å². The molecule has 4 N–H and O–H groups in total. The monoisotopic (exact) mass is 291 g/mol. The number of carbonyl (C=O) groups is 2. The molecule has 1 aliphatic rings. The van der Waals surface area contributed by atoms with E-state index in [2.05, 4.69) is 4.99 Å². The molecule has 0 saturated heterocycles. The standard InChI is InChI=1S/C10H12F3N5O2/c11-10(12,13)8-6(3-14)18(4-17-8)9(20)5(15)1-2-7(16)19/h5-6H,1-2,4,15H2,(H2,16,19)/t5-,6?/m0/s1. The average molecular weight is 291 g/mol. The second kappa shape index (κ2) is 5.87. The minimum atomic E-state index is -4.78. The summed E-state index contributed by atoms with van der Waals surface area (Å²) in [7, 11) is 0. The van der Waals surface area contributed by atoms with E-state index in [1.165, 1.54) is 6.07 Å². The van der Waals surface area contributed by atoms with Crippen LogP contribution in [0.5, 0.6) is 0 Å². The summed E-state index contributed by atoms with van der Waals surface area (Å²) in [6, 6.07) is -1.65. The maximum Gasteiger partial charge on any atom is 0.432 e. The normalized spacial score (nSPS) is 20.2. The fraction of sp³-hybridized carbons (Fsp3) is 0.600. The molecular weight excluding hydrogens is 279 g/mol. The molecule has 0 fully saturated rings. The Labute approximate surface area is 112 Å². The molecule has 1 aliphatic heterocycles. The third-order valence-corrected chi connectivity index (χ3v) is 2.68. The van der Waals surface area contributed by atoms with Gasteiger partial charge in [-0.2, -0.15) is 18.4 Å². The Bertz CT molecular complexity index is 482. The van der Waals surface area contributed by atoms with E-state index >= 15 is 0 Å². The molecule has 0 aromatic heterocycles. The molecule has 1 unspecified atom stereocenters. The van der Waals surface area contributed by atoms with Crippen LogP contribution in [0.1, 0.15) is 12.8 Å². The van der Waals surface area contributed by atoms with Crippen molar-refractivity contribution in [2.45, 2.75) is 31.1 Å². The number of aliphatic imine (C=N–C) groups is 1. The summed E-state index contributed by atoms with van der Waals surface area (Å²) in [6.07, 6.45) is -5.07. The van der Waals surface area contributed by atoms with E-state index in [-0.39, 0.29) is 12.8 Å². The largest absolute Gasteiger partial charge is 0.432 e. The van der Waals surface area contributed by atoms with Crippen LogP contribution in [0.3, 0.4) is 0 Å². The summed E-state index contributed by atoms with van der Waals surface area (Å²) < 4.78 is 37.7. The summed E-state index contributed by atoms with van der Waals surface area (Å²) in [5, 5.41) is 8.78. The molecule has 0 saturated carbocycles. The first-order chi connectivity index (χ1) is 9.18. The Balaban J connectivity index is 2.77. The fourth-order valence-corrected chi connectivity index (χ4v) is 1.67. The number of halogens is 3. The number of carbonyl (C=O) groups excluding carboxylic acids is 2. The number of amides is 2. The Morgan fingerprint density at radius 3 is 2.60 bits per heavy atom. The van der Waals surface area contributed by atoms with Crippen molar-refractivity contribution in [3.8, 4) is 6.07 Å². The van der Waals surface area contributed by atoms with Crippen LogP contribution in [0.2, 0.25) is 0 Å². The number of hydrogen-bond acceptors (Lipinski definition) is 5. The lowest BCUT2D eigenvalue weighted by molar-refractivity contribution is -0.132. The molecule has 2 amide bonds. The van der Waals surface area contributed by atoms with Gasteiger partial charge >= 0.3 is 6.18 Å². The van der Waals surface area contributed by atoms with Gasteiger partial charge in [-0.1, -0.05) is 0 Å². The zero-order chi connectivity index (χ0) is 15.5. The number of hydrogen-bond donors (Lipinski definition) is 2. The lowest BCUT2D eigenvalue weighted by Gasteiger charge is -2.23. The molecule has 1 rings (SSSR count). The summed E-state index contributed by atoms with van der Waals surface area (Å²) in [6.45, 7) is -0.587. The number of rotatable bonds is 4. The van der Waals surface area contributed by atoms with E-state index in [0.717, 1.165) is 0 Å². The number of nitrogens with zero attached hydrogens (tertiary/aromatic N) is 3. The molecule has 2 atom stereocenters. The van der Waals surface area contributed by atoms with Crippen LogP contribution in [0.4, 0.5) is 13.2 Å². The highest BCUT2D eigenvalue weighted by atomic mass is 19.4. The topological polar surface area (TPSA) is 126 Å². The highest BCUT2D eigenvalue weighted by Crippen LogP contribution is 2.26. The predicted molar refractivity (Wildman–Crippen MR) is 61.0 cm³/mol. The molecule has 10 heteroatoms. The van der Waals surface area contributed by atoms with E-state index in [9.17, 15) is 22.8 Å². The third kappa shape index (κ3) is 3.45. The minimum Gasteiger partial charge on any atom is -0.370 e. The molecule has 0 aromatic rings. The summed E-state index contributed by atoms with van der Waals surface area (Å²) in [5.74, 6) is -1.56. The van der Waals surface area contributed by atoms with Gasteiger partial charge in [0.2, 0.25) is 11.8 Å². The summed E-state index contributed by atoms with van der Waals surface area (Å²) >= 11 is 0. The minimum absolute atomic E-state index is 0.107. The van der Waals surface area contributed by atoms with E-state index in [1.54, 1.807) is 0 Å². The Kier molecular flexibility index (Phi) is 4.67. The van der Waals surface area contributed by atoms with Gasteiger partial charge in [0.25, 0.3) is 0 Å². The zero-order valence-electron chi connectivity index (χ0n) is 10.2. The summed E-state index contributed by atoms with van der Waals surface area (Å²) in [5.41, 5.74) is 9.04. The van der Waals surface area contributed by atoms with Crippen LogP contribution in [-0.4, -0.2) is 47.4 Å². The van der Waals surface area contributed by atoms with Crippen molar-refractivity contribution in [2.75, 3.05) is 6.67 Å². The number of alkyl halides is 3. The number of primary amides is 1. The van der Waals surface area contributed by atoms with Gasteiger partial charge in [0.1, 0.15) is 6.67 Å². The lowest BCUT2D eigenvalue weighted by Crippen LogP contribution is -2.50. The van der Waals surface area contributed by atoms with Gasteiger partial charge in [-0.15, -0.1) is 0 Å². The molecule has 0 bridgehead atoms. The SMILES string of the molecule is N#CC1C(C(F)(F)F)=NCN1C(=O)[C@@H](N)CCC(N)=O. The molecule has 110 valence electrons. The molecule has 0 aromatic carbocycles. The van der Waals surface area contributed by atoms with E-state index in [0.29, 0.717) is 4.90 Å². The van der Waals surface area contributed by atoms with E-state index in [4.69, 9.17) is 16.7 Å². The van der Waals surface area contributed by atoms with Gasteiger partial charge in [-0.25, -0.2) is 0 Å². The smallest absolute Gasteiger partial charge is 0.370 e. The second-order valence-corrected chi connectivity index (χ2v) is 4.13. The zero-order valence-corrected chi connectivity index (χ0v) is 10.2. The van der Waals surface area contributed by atoms with Crippen LogP contribution < -0.4 is 11.5 Å².